The van der Waals surface area contributed by atoms with E-state index in [1.165, 1.54) is 15.5 Å². The average Bonchev–Trinajstić information content (AvgIpc) is 3.95. The summed E-state index contributed by atoms with van der Waals surface area (Å²) in [6.07, 6.45) is -2.05. The molecular weight excluding hydrogens is 937 g/mol. The summed E-state index contributed by atoms with van der Waals surface area (Å²) in [6, 6.07) is 23.7. The summed E-state index contributed by atoms with van der Waals surface area (Å²) in [6.45, 7) is 10.6. The molecule has 3 aliphatic heterocycles. The van der Waals surface area contributed by atoms with Crippen LogP contribution in [0.5, 0.6) is 29.0 Å². The van der Waals surface area contributed by atoms with Gasteiger partial charge in [0.25, 0.3) is 5.56 Å². The number of amides is 2. The lowest BCUT2D eigenvalue weighted by Crippen LogP contribution is -2.51. The lowest BCUT2D eigenvalue weighted by atomic mass is 9.84. The van der Waals surface area contributed by atoms with Gasteiger partial charge in [-0.15, -0.1) is 5.10 Å². The van der Waals surface area contributed by atoms with E-state index in [4.69, 9.17) is 19.2 Å². The highest BCUT2D eigenvalue weighted by Crippen LogP contribution is 2.44. The first-order valence-electron chi connectivity index (χ1n) is 24.3. The molecule has 19 nitrogen and oxygen atoms in total. The van der Waals surface area contributed by atoms with E-state index in [0.717, 1.165) is 22.1 Å². The molecule has 3 aliphatic rings. The smallest absolute Gasteiger partial charge is 0.415 e. The van der Waals surface area contributed by atoms with Crippen LogP contribution in [-0.4, -0.2) is 116 Å². The zero-order valence-electron chi connectivity index (χ0n) is 41.1. The molecule has 0 spiro atoms. The van der Waals surface area contributed by atoms with E-state index in [9.17, 15) is 39.9 Å². The van der Waals surface area contributed by atoms with Gasteiger partial charge in [-0.25, -0.2) is 19.1 Å². The molecule has 1 fully saturated rings. The van der Waals surface area contributed by atoms with Crippen molar-refractivity contribution in [3.63, 3.8) is 0 Å². The standard InChI is InChI=1S/C54H56N8O11/c1-6-36-38-22-34(63)14-17-43(38)55-47-40(36)28-61-44(47)24-42-41(49(61)66)29-71-50(67)54(42,7-2)73-52(69)58(5)26-31-10-15-35(16-11-31)72-53(70)60-20-18-59(19-21-60)27-32-8-12-33(13-9-32)62-48(56-57-51(62)68)39-23-37(30(3)4)45(64)25-46(39)65/h8-17,22-25,30,50,63-65,67H,6-7,18-21,26-29H2,1-5H3,(H,57,68). The van der Waals surface area contributed by atoms with E-state index in [1.807, 2.05) is 45.0 Å². The van der Waals surface area contributed by atoms with E-state index in [1.54, 1.807) is 78.0 Å². The van der Waals surface area contributed by atoms with Crippen LogP contribution in [0.1, 0.15) is 79.0 Å². The van der Waals surface area contributed by atoms with Crippen molar-refractivity contribution in [1.29, 1.82) is 0 Å². The van der Waals surface area contributed by atoms with Crippen LogP contribution >= 0.6 is 0 Å². The summed E-state index contributed by atoms with van der Waals surface area (Å²) in [5, 5.41) is 62.1. The van der Waals surface area contributed by atoms with E-state index in [-0.39, 0.29) is 72.2 Å². The van der Waals surface area contributed by atoms with Gasteiger partial charge >= 0.3 is 18.2 Å². The number of phenols is 3. The van der Waals surface area contributed by atoms with Crippen molar-refractivity contribution in [3.05, 3.63) is 134 Å². The highest BCUT2D eigenvalue weighted by atomic mass is 16.7. The zero-order chi connectivity index (χ0) is 51.5. The molecule has 4 aromatic carbocycles. The van der Waals surface area contributed by atoms with Crippen molar-refractivity contribution in [2.45, 2.75) is 84.6 Å². The van der Waals surface area contributed by atoms with Crippen molar-refractivity contribution in [2.24, 2.45) is 0 Å². The van der Waals surface area contributed by atoms with Crippen LogP contribution in [0.25, 0.3) is 39.4 Å². The number of hydrogen-bond donors (Lipinski definition) is 5. The van der Waals surface area contributed by atoms with Crippen molar-refractivity contribution in [3.8, 4) is 57.5 Å². The van der Waals surface area contributed by atoms with Gasteiger partial charge in [0.15, 0.2) is 17.7 Å². The number of aromatic hydroxyl groups is 4. The molecule has 10 rings (SSSR count). The van der Waals surface area contributed by atoms with Gasteiger partial charge in [0.05, 0.1) is 46.9 Å². The SMILES string of the molecule is CCc1c2c(nc3ccc(O)cc13)-c1cc3c(c(=O)n1C2)COC(O)C3(CC)OC(=O)N(C)Cc1ccc(OC(=O)N2CCN(Cc3ccc(-n4c(O)nnc4-c4cc(C(C)C)c(O)cc4O)cc3)CC2)cc1. The first-order chi connectivity index (χ1) is 35.1. The molecule has 0 aliphatic carbocycles. The Morgan fingerprint density at radius 1 is 0.877 bits per heavy atom. The molecule has 73 heavy (non-hydrogen) atoms. The second-order valence-corrected chi connectivity index (χ2v) is 19.1. The first-order valence-corrected chi connectivity index (χ1v) is 24.3. The Balaban J connectivity index is 0.747. The number of aliphatic hydroxyl groups is 1. The van der Waals surface area contributed by atoms with E-state index < -0.39 is 24.1 Å². The molecule has 7 aromatic rings. The van der Waals surface area contributed by atoms with E-state index in [0.29, 0.717) is 89.7 Å². The van der Waals surface area contributed by atoms with Crippen LogP contribution in [0.4, 0.5) is 9.59 Å². The van der Waals surface area contributed by atoms with Gasteiger partial charge in [0.1, 0.15) is 23.0 Å². The molecular formula is C54H56N8O11. The third-order valence-electron chi connectivity index (χ3n) is 14.3. The molecule has 2 amide bonds. The third kappa shape index (κ3) is 8.82. The van der Waals surface area contributed by atoms with Gasteiger partial charge in [-0.1, -0.05) is 57.1 Å². The number of phenolic OH excluding ortho intramolecular Hbond substituents is 3. The van der Waals surface area contributed by atoms with E-state index >= 15 is 0 Å². The molecule has 2 atom stereocenters. The number of aromatic nitrogens is 5. The van der Waals surface area contributed by atoms with Crippen LogP contribution in [-0.2, 0) is 47.7 Å². The van der Waals surface area contributed by atoms with Gasteiger partial charge in [-0.3, -0.25) is 9.69 Å². The fourth-order valence-corrected chi connectivity index (χ4v) is 10.3. The fourth-order valence-electron chi connectivity index (χ4n) is 10.3. The summed E-state index contributed by atoms with van der Waals surface area (Å²) in [4.78, 5) is 51.5. The average molecular weight is 993 g/mol. The maximum absolute atomic E-state index is 14.2. The van der Waals surface area contributed by atoms with Gasteiger partial charge in [-0.05, 0) is 95.6 Å². The Labute approximate surface area is 419 Å². The molecule has 0 bridgehead atoms. The first kappa shape index (κ1) is 48.6. The second-order valence-electron chi connectivity index (χ2n) is 19.1. The number of carbonyl (C=O) groups excluding carboxylic acids is 2. The molecule has 6 heterocycles. The number of benzene rings is 4. The highest BCUT2D eigenvalue weighted by Gasteiger charge is 2.50. The van der Waals surface area contributed by atoms with Crippen LogP contribution < -0.4 is 10.3 Å². The van der Waals surface area contributed by atoms with Gasteiger partial charge < -0.3 is 54.1 Å². The molecule has 19 heteroatoms. The molecule has 1 saturated heterocycles. The number of nitrogens with zero attached hydrogens (tertiary/aromatic N) is 8. The molecule has 3 aromatic heterocycles. The van der Waals surface area contributed by atoms with Crippen LogP contribution in [0, 0.1) is 0 Å². The predicted molar refractivity (Wildman–Crippen MR) is 267 cm³/mol. The van der Waals surface area contributed by atoms with Crippen LogP contribution in [0.3, 0.4) is 0 Å². The summed E-state index contributed by atoms with van der Waals surface area (Å²) >= 11 is 0. The second kappa shape index (κ2) is 19.2. The van der Waals surface area contributed by atoms with Crippen LogP contribution in [0.2, 0.25) is 0 Å². The predicted octanol–water partition coefficient (Wildman–Crippen LogP) is 7.22. The molecule has 5 N–H and O–H groups in total. The Bertz CT molecular complexity index is 3350. The fraction of sp³-hybridized carbons (Fsp3) is 0.333. The van der Waals surface area contributed by atoms with Gasteiger partial charge in [-0.2, -0.15) is 0 Å². The summed E-state index contributed by atoms with van der Waals surface area (Å²) < 4.78 is 20.7. The number of hydrogen-bond acceptors (Lipinski definition) is 15. The molecule has 378 valence electrons. The molecule has 0 radical (unpaired) electrons. The van der Waals surface area contributed by atoms with Crippen molar-refractivity contribution in [2.75, 3.05) is 33.2 Å². The number of carbonyl (C=O) groups is 2. The number of rotatable bonds is 11. The minimum atomic E-state index is -1.71. The largest absolute Gasteiger partial charge is 0.508 e. The van der Waals surface area contributed by atoms with E-state index in [2.05, 4.69) is 15.1 Å². The summed E-state index contributed by atoms with van der Waals surface area (Å²) in [5.74, 6) is 0.429. The lowest BCUT2D eigenvalue weighted by Gasteiger charge is -2.41. The Morgan fingerprint density at radius 3 is 2.30 bits per heavy atom. The van der Waals surface area contributed by atoms with Crippen molar-refractivity contribution >= 4 is 23.1 Å². The summed E-state index contributed by atoms with van der Waals surface area (Å²) in [5.41, 5.74) is 5.54. The van der Waals surface area contributed by atoms with Crippen molar-refractivity contribution in [1.82, 2.24) is 39.0 Å². The molecule has 2 unspecified atom stereocenters. The lowest BCUT2D eigenvalue weighted by molar-refractivity contribution is -0.237. The minimum Gasteiger partial charge on any atom is -0.508 e. The maximum atomic E-state index is 14.2. The number of aliphatic hydroxyl groups excluding tert-OH is 1. The quantitative estimate of drug-likeness (QED) is 0.0860. The number of fused-ring (bicyclic) bond motifs is 5. The molecule has 0 saturated carbocycles. The summed E-state index contributed by atoms with van der Waals surface area (Å²) in [7, 11) is 1.56. The van der Waals surface area contributed by atoms with Crippen LogP contribution in [0.15, 0.2) is 89.7 Å². The Hall–Kier alpha value is -8.00. The third-order valence-corrected chi connectivity index (χ3v) is 14.3. The number of pyridine rings is 2. The van der Waals surface area contributed by atoms with Crippen molar-refractivity contribution < 1.29 is 49.3 Å². The van der Waals surface area contributed by atoms with Gasteiger partial charge in [0.2, 0.25) is 0 Å². The zero-order valence-corrected chi connectivity index (χ0v) is 41.1. The topological polar surface area (TPSA) is 238 Å². The number of ether oxygens (including phenoxy) is 3. The Morgan fingerprint density at radius 2 is 1.60 bits per heavy atom. The normalized spacial score (nSPS) is 17.4. The minimum absolute atomic E-state index is 0.0260. The number of aryl methyl sites for hydroxylation is 1. The monoisotopic (exact) mass is 992 g/mol. The van der Waals surface area contributed by atoms with Gasteiger partial charge in [0, 0.05) is 68.9 Å². The Kier molecular flexibility index (Phi) is 12.8. The maximum Gasteiger partial charge on any atom is 0.415 e. The highest BCUT2D eigenvalue weighted by molar-refractivity contribution is 5.89. The number of piperazine rings is 1.